The van der Waals surface area contributed by atoms with Crippen LogP contribution >= 0.6 is 15.9 Å². The zero-order valence-corrected chi connectivity index (χ0v) is 14.0. The largest absolute Gasteiger partial charge is 0.394 e. The van der Waals surface area contributed by atoms with E-state index in [1.807, 2.05) is 0 Å². The molecule has 1 saturated carbocycles. The molecule has 3 rings (SSSR count). The molecule has 0 bridgehead atoms. The van der Waals surface area contributed by atoms with Crippen molar-refractivity contribution in [1.82, 2.24) is 5.32 Å². The number of anilines is 1. The van der Waals surface area contributed by atoms with E-state index >= 15 is 0 Å². The van der Waals surface area contributed by atoms with Crippen LogP contribution in [0.2, 0.25) is 0 Å². The number of hydrogen-bond donors (Lipinski definition) is 2. The van der Waals surface area contributed by atoms with Gasteiger partial charge in [-0.1, -0.05) is 6.07 Å². The molecule has 0 radical (unpaired) electrons. The summed E-state index contributed by atoms with van der Waals surface area (Å²) in [6.45, 7) is 4.55. The third-order valence-corrected chi connectivity index (χ3v) is 4.84. The number of aliphatic hydroxyl groups excluding tert-OH is 1. The molecule has 4 nitrogen and oxygen atoms in total. The lowest BCUT2D eigenvalue weighted by atomic mass is 10.1. The summed E-state index contributed by atoms with van der Waals surface area (Å²) < 4.78 is 6.72. The van der Waals surface area contributed by atoms with Crippen molar-refractivity contribution >= 4 is 21.6 Å². The predicted octanol–water partition coefficient (Wildman–Crippen LogP) is 2.29. The number of morpholine rings is 1. The molecule has 1 heterocycles. The van der Waals surface area contributed by atoms with Gasteiger partial charge in [-0.3, -0.25) is 0 Å². The fourth-order valence-electron chi connectivity index (χ4n) is 2.71. The van der Waals surface area contributed by atoms with Crippen LogP contribution in [0.5, 0.6) is 0 Å². The predicted molar refractivity (Wildman–Crippen MR) is 87.6 cm³/mol. The van der Waals surface area contributed by atoms with E-state index in [-0.39, 0.29) is 12.7 Å². The van der Waals surface area contributed by atoms with E-state index in [0.717, 1.165) is 23.6 Å². The first-order chi connectivity index (χ1) is 10.2. The molecule has 0 spiro atoms. The Bertz CT molecular complexity index is 493. The van der Waals surface area contributed by atoms with Crippen LogP contribution in [0.25, 0.3) is 0 Å². The Morgan fingerprint density at radius 3 is 2.90 bits per heavy atom. The van der Waals surface area contributed by atoms with Crippen molar-refractivity contribution in [2.75, 3.05) is 24.7 Å². The number of ether oxygens (including phenoxy) is 1. The van der Waals surface area contributed by atoms with Crippen molar-refractivity contribution in [3.63, 3.8) is 0 Å². The number of halogens is 1. The number of rotatable bonds is 5. The average molecular weight is 355 g/mol. The Kier molecular flexibility index (Phi) is 4.84. The molecule has 21 heavy (non-hydrogen) atoms. The van der Waals surface area contributed by atoms with E-state index in [2.05, 4.69) is 51.3 Å². The monoisotopic (exact) mass is 354 g/mol. The molecule has 5 heteroatoms. The first-order valence-electron chi connectivity index (χ1n) is 7.68. The fraction of sp³-hybridized carbons (Fsp3) is 0.625. The van der Waals surface area contributed by atoms with E-state index in [4.69, 9.17) is 4.74 Å². The molecule has 1 aliphatic carbocycles. The molecule has 2 unspecified atom stereocenters. The lowest BCUT2D eigenvalue weighted by Crippen LogP contribution is -2.49. The molecule has 1 aromatic rings. The van der Waals surface area contributed by atoms with Gasteiger partial charge in [0.05, 0.1) is 25.0 Å². The number of nitrogens with one attached hydrogen (secondary N) is 1. The Morgan fingerprint density at radius 2 is 2.24 bits per heavy atom. The van der Waals surface area contributed by atoms with Gasteiger partial charge in [0.2, 0.25) is 0 Å². The van der Waals surface area contributed by atoms with Gasteiger partial charge >= 0.3 is 0 Å². The molecule has 1 saturated heterocycles. The van der Waals surface area contributed by atoms with Crippen molar-refractivity contribution < 1.29 is 9.84 Å². The van der Waals surface area contributed by atoms with E-state index in [1.165, 1.54) is 24.1 Å². The molecule has 2 N–H and O–H groups in total. The van der Waals surface area contributed by atoms with Gasteiger partial charge in [-0.2, -0.15) is 0 Å². The lowest BCUT2D eigenvalue weighted by molar-refractivity contribution is -0.0103. The number of benzene rings is 1. The van der Waals surface area contributed by atoms with Crippen molar-refractivity contribution in [3.8, 4) is 0 Å². The molecule has 0 aromatic heterocycles. The van der Waals surface area contributed by atoms with Gasteiger partial charge in [-0.15, -0.1) is 0 Å². The van der Waals surface area contributed by atoms with Crippen molar-refractivity contribution in [1.29, 1.82) is 0 Å². The number of aliphatic hydroxyl groups is 1. The molecule has 1 aliphatic heterocycles. The van der Waals surface area contributed by atoms with Crippen LogP contribution in [-0.2, 0) is 11.3 Å². The van der Waals surface area contributed by atoms with Gasteiger partial charge in [0, 0.05) is 29.6 Å². The quantitative estimate of drug-likeness (QED) is 0.851. The van der Waals surface area contributed by atoms with Crippen LogP contribution in [0.15, 0.2) is 22.7 Å². The molecule has 2 atom stereocenters. The van der Waals surface area contributed by atoms with Crippen LogP contribution in [-0.4, -0.2) is 43.1 Å². The Hall–Kier alpha value is -0.620. The van der Waals surface area contributed by atoms with Crippen molar-refractivity contribution in [3.05, 3.63) is 28.2 Å². The highest BCUT2D eigenvalue weighted by molar-refractivity contribution is 9.10. The second-order valence-corrected chi connectivity index (χ2v) is 6.93. The maximum absolute atomic E-state index is 9.31. The number of hydrogen-bond acceptors (Lipinski definition) is 4. The SMILES string of the molecule is CC1COC(CO)CN1c1ccc(CNC2CC2)cc1Br. The second-order valence-electron chi connectivity index (χ2n) is 6.08. The molecule has 2 aliphatic rings. The highest BCUT2D eigenvalue weighted by atomic mass is 79.9. The van der Waals surface area contributed by atoms with E-state index in [9.17, 15) is 5.11 Å². The summed E-state index contributed by atoms with van der Waals surface area (Å²) >= 11 is 3.70. The van der Waals surface area contributed by atoms with Gasteiger partial charge in [-0.25, -0.2) is 0 Å². The molecule has 2 fully saturated rings. The minimum absolute atomic E-state index is 0.0736. The summed E-state index contributed by atoms with van der Waals surface area (Å²) in [6.07, 6.45) is 2.53. The standard InChI is InChI=1S/C16H23BrN2O2/c1-11-10-21-14(9-20)8-19(11)16-5-2-12(6-15(16)17)7-18-13-3-4-13/h2,5-6,11,13-14,18,20H,3-4,7-10H2,1H3. The Balaban J connectivity index is 1.71. The number of nitrogens with zero attached hydrogens (tertiary/aromatic N) is 1. The molecular formula is C16H23BrN2O2. The third kappa shape index (κ3) is 3.77. The van der Waals surface area contributed by atoms with Gasteiger partial charge in [0.1, 0.15) is 0 Å². The Labute approximate surface area is 134 Å². The zero-order valence-electron chi connectivity index (χ0n) is 12.4. The van der Waals surface area contributed by atoms with Gasteiger partial charge in [-0.05, 0) is 53.4 Å². The first kappa shape index (κ1) is 15.3. The van der Waals surface area contributed by atoms with E-state index in [0.29, 0.717) is 12.6 Å². The summed E-state index contributed by atoms with van der Waals surface area (Å²) in [5.41, 5.74) is 2.48. The van der Waals surface area contributed by atoms with Crippen LogP contribution in [0.1, 0.15) is 25.3 Å². The third-order valence-electron chi connectivity index (χ3n) is 4.20. The summed E-state index contributed by atoms with van der Waals surface area (Å²) in [5.74, 6) is 0. The summed E-state index contributed by atoms with van der Waals surface area (Å²) in [5, 5.41) is 12.8. The minimum atomic E-state index is -0.0932. The molecule has 1 aromatic carbocycles. The van der Waals surface area contributed by atoms with Gasteiger partial charge in [0.25, 0.3) is 0 Å². The van der Waals surface area contributed by atoms with Crippen LogP contribution < -0.4 is 10.2 Å². The summed E-state index contributed by atoms with van der Waals surface area (Å²) in [7, 11) is 0. The maximum atomic E-state index is 9.31. The maximum Gasteiger partial charge on any atom is 0.0981 e. The van der Waals surface area contributed by atoms with Crippen molar-refractivity contribution in [2.45, 2.75) is 44.5 Å². The molecule has 116 valence electrons. The average Bonchev–Trinajstić information content (AvgIpc) is 3.30. The van der Waals surface area contributed by atoms with E-state index < -0.39 is 0 Å². The van der Waals surface area contributed by atoms with Gasteiger partial charge in [0.15, 0.2) is 0 Å². The lowest BCUT2D eigenvalue weighted by Gasteiger charge is -2.39. The molecule has 0 amide bonds. The highest BCUT2D eigenvalue weighted by Gasteiger charge is 2.27. The first-order valence-corrected chi connectivity index (χ1v) is 8.47. The van der Waals surface area contributed by atoms with Crippen LogP contribution in [0, 0.1) is 0 Å². The smallest absolute Gasteiger partial charge is 0.0981 e. The summed E-state index contributed by atoms with van der Waals surface area (Å²) in [4.78, 5) is 2.31. The van der Waals surface area contributed by atoms with Crippen LogP contribution in [0.3, 0.4) is 0 Å². The van der Waals surface area contributed by atoms with E-state index in [1.54, 1.807) is 0 Å². The normalized spacial score (nSPS) is 26.1. The van der Waals surface area contributed by atoms with Crippen molar-refractivity contribution in [2.24, 2.45) is 0 Å². The summed E-state index contributed by atoms with van der Waals surface area (Å²) in [6, 6.07) is 7.60. The fourth-order valence-corrected chi connectivity index (χ4v) is 3.36. The Morgan fingerprint density at radius 1 is 1.43 bits per heavy atom. The highest BCUT2D eigenvalue weighted by Crippen LogP contribution is 2.31. The minimum Gasteiger partial charge on any atom is -0.394 e. The second kappa shape index (κ2) is 6.65. The van der Waals surface area contributed by atoms with Crippen LogP contribution in [0.4, 0.5) is 5.69 Å². The van der Waals surface area contributed by atoms with Gasteiger partial charge < -0.3 is 20.1 Å². The topological polar surface area (TPSA) is 44.7 Å². The molecular weight excluding hydrogens is 332 g/mol. The zero-order chi connectivity index (χ0) is 14.8.